The lowest BCUT2D eigenvalue weighted by Gasteiger charge is -2.31. The van der Waals surface area contributed by atoms with Crippen molar-refractivity contribution in [2.24, 2.45) is 0 Å². The number of rotatable bonds is 3. The standard InChI is InChI=1S/C16H17F6NO2/c1-25-13-5-3-2-4-12(13)23-14(24)9-6-10(15(17,18)19)8-11(7-9)16(20,21)22/h6-8,12-13H,2-5H2,1H3,(H,23,24). The van der Waals surface area contributed by atoms with Crippen LogP contribution in [0.4, 0.5) is 26.3 Å². The molecule has 1 N–H and O–H groups in total. The van der Waals surface area contributed by atoms with Crippen LogP contribution < -0.4 is 5.32 Å². The van der Waals surface area contributed by atoms with Crippen LogP contribution >= 0.6 is 0 Å². The van der Waals surface area contributed by atoms with Gasteiger partial charge in [-0.3, -0.25) is 4.79 Å². The molecule has 9 heteroatoms. The minimum atomic E-state index is -4.99. The van der Waals surface area contributed by atoms with Crippen LogP contribution in [0.25, 0.3) is 0 Å². The first-order valence-corrected chi connectivity index (χ1v) is 7.65. The maximum atomic E-state index is 12.9. The molecule has 2 atom stereocenters. The van der Waals surface area contributed by atoms with Gasteiger partial charge >= 0.3 is 12.4 Å². The van der Waals surface area contributed by atoms with Gasteiger partial charge in [0.2, 0.25) is 0 Å². The highest BCUT2D eigenvalue weighted by Gasteiger charge is 2.38. The highest BCUT2D eigenvalue weighted by Crippen LogP contribution is 2.36. The van der Waals surface area contributed by atoms with E-state index >= 15 is 0 Å². The van der Waals surface area contributed by atoms with E-state index in [4.69, 9.17) is 4.74 Å². The fourth-order valence-electron chi connectivity index (χ4n) is 2.88. The average molecular weight is 369 g/mol. The van der Waals surface area contributed by atoms with Crippen molar-refractivity contribution in [1.29, 1.82) is 0 Å². The number of alkyl halides is 6. The van der Waals surface area contributed by atoms with Crippen molar-refractivity contribution in [1.82, 2.24) is 5.32 Å². The third kappa shape index (κ3) is 4.87. The zero-order chi connectivity index (χ0) is 18.8. The minimum Gasteiger partial charge on any atom is -0.379 e. The SMILES string of the molecule is COC1CCCCC1NC(=O)c1cc(C(F)(F)F)cc(C(F)(F)F)c1. The van der Waals surface area contributed by atoms with Gasteiger partial charge in [-0.2, -0.15) is 26.3 Å². The summed E-state index contributed by atoms with van der Waals surface area (Å²) in [6.07, 6.45) is -7.40. The molecule has 3 nitrogen and oxygen atoms in total. The molecule has 140 valence electrons. The first-order chi connectivity index (χ1) is 11.5. The van der Waals surface area contributed by atoms with Gasteiger partial charge in [-0.05, 0) is 31.0 Å². The average Bonchev–Trinajstić information content (AvgIpc) is 2.53. The van der Waals surface area contributed by atoms with E-state index in [1.54, 1.807) is 0 Å². The van der Waals surface area contributed by atoms with Gasteiger partial charge in [0.1, 0.15) is 0 Å². The lowest BCUT2D eigenvalue weighted by atomic mass is 9.92. The van der Waals surface area contributed by atoms with E-state index in [9.17, 15) is 31.1 Å². The molecule has 25 heavy (non-hydrogen) atoms. The Morgan fingerprint density at radius 2 is 1.52 bits per heavy atom. The molecule has 1 fully saturated rings. The minimum absolute atomic E-state index is 0.00462. The van der Waals surface area contributed by atoms with Gasteiger partial charge < -0.3 is 10.1 Å². The number of carbonyl (C=O) groups is 1. The summed E-state index contributed by atoms with van der Waals surface area (Å²) in [6.45, 7) is 0. The van der Waals surface area contributed by atoms with Gasteiger partial charge in [0.15, 0.2) is 0 Å². The third-order valence-corrected chi connectivity index (χ3v) is 4.17. The molecule has 0 heterocycles. The lowest BCUT2D eigenvalue weighted by molar-refractivity contribution is -0.143. The topological polar surface area (TPSA) is 38.3 Å². The fraction of sp³-hybridized carbons (Fsp3) is 0.562. The van der Waals surface area contributed by atoms with Crippen molar-refractivity contribution in [3.8, 4) is 0 Å². The molecule has 2 rings (SSSR count). The van der Waals surface area contributed by atoms with Crippen LogP contribution in [0, 0.1) is 0 Å². The van der Waals surface area contributed by atoms with Gasteiger partial charge in [-0.25, -0.2) is 0 Å². The Labute approximate surface area is 140 Å². The molecule has 1 saturated carbocycles. The van der Waals surface area contributed by atoms with Crippen LogP contribution in [0.2, 0.25) is 0 Å². The highest BCUT2D eigenvalue weighted by molar-refractivity contribution is 5.95. The number of benzene rings is 1. The van der Waals surface area contributed by atoms with E-state index in [1.165, 1.54) is 7.11 Å². The smallest absolute Gasteiger partial charge is 0.379 e. The molecule has 0 bridgehead atoms. The van der Waals surface area contributed by atoms with Crippen molar-refractivity contribution in [2.75, 3.05) is 7.11 Å². The molecule has 0 aliphatic heterocycles. The van der Waals surface area contributed by atoms with Gasteiger partial charge in [0.25, 0.3) is 5.91 Å². The van der Waals surface area contributed by atoms with Gasteiger partial charge in [-0.1, -0.05) is 12.8 Å². The normalized spacial score (nSPS) is 21.9. The second-order valence-electron chi connectivity index (χ2n) is 5.93. The van der Waals surface area contributed by atoms with Crippen LogP contribution in [0.1, 0.15) is 47.2 Å². The van der Waals surface area contributed by atoms with Crippen molar-refractivity contribution in [3.63, 3.8) is 0 Å². The Morgan fingerprint density at radius 1 is 1.00 bits per heavy atom. The molecule has 0 spiro atoms. The van der Waals surface area contributed by atoms with Crippen LogP contribution in [-0.2, 0) is 17.1 Å². The van der Waals surface area contributed by atoms with Crippen LogP contribution in [0.3, 0.4) is 0 Å². The molecule has 1 aromatic rings. The summed E-state index contributed by atoms with van der Waals surface area (Å²) in [5.41, 5.74) is -3.71. The summed E-state index contributed by atoms with van der Waals surface area (Å²) >= 11 is 0. The molecular weight excluding hydrogens is 352 g/mol. The zero-order valence-corrected chi connectivity index (χ0v) is 13.3. The fourth-order valence-corrected chi connectivity index (χ4v) is 2.88. The van der Waals surface area contributed by atoms with E-state index in [1.807, 2.05) is 0 Å². The number of ether oxygens (including phenoxy) is 1. The maximum absolute atomic E-state index is 12.9. The number of hydrogen-bond acceptors (Lipinski definition) is 2. The number of hydrogen-bond donors (Lipinski definition) is 1. The Kier molecular flexibility index (Phi) is 5.65. The monoisotopic (exact) mass is 369 g/mol. The number of carbonyl (C=O) groups excluding carboxylic acids is 1. The molecule has 1 aliphatic carbocycles. The summed E-state index contributed by atoms with van der Waals surface area (Å²) < 4.78 is 82.4. The third-order valence-electron chi connectivity index (χ3n) is 4.17. The Hall–Kier alpha value is -1.77. The van der Waals surface area contributed by atoms with Crippen molar-refractivity contribution in [3.05, 3.63) is 34.9 Å². The summed E-state index contributed by atoms with van der Waals surface area (Å²) in [5.74, 6) is -0.981. The van der Waals surface area contributed by atoms with Crippen molar-refractivity contribution >= 4 is 5.91 Å². The van der Waals surface area contributed by atoms with E-state index < -0.39 is 41.0 Å². The first-order valence-electron chi connectivity index (χ1n) is 7.65. The first kappa shape index (κ1) is 19.6. The van der Waals surface area contributed by atoms with Gasteiger partial charge in [0, 0.05) is 12.7 Å². The van der Waals surface area contributed by atoms with Crippen LogP contribution in [0.5, 0.6) is 0 Å². The predicted molar refractivity (Wildman–Crippen MR) is 77.0 cm³/mol. The summed E-state index contributed by atoms with van der Waals surface area (Å²) in [7, 11) is 1.45. The van der Waals surface area contributed by atoms with E-state index in [0.717, 1.165) is 12.8 Å². The maximum Gasteiger partial charge on any atom is 0.416 e. The molecule has 2 unspecified atom stereocenters. The largest absolute Gasteiger partial charge is 0.416 e. The quantitative estimate of drug-likeness (QED) is 0.802. The van der Waals surface area contributed by atoms with Gasteiger partial charge in [-0.15, -0.1) is 0 Å². The summed E-state index contributed by atoms with van der Waals surface area (Å²) in [4.78, 5) is 12.2. The molecule has 0 radical (unpaired) electrons. The lowest BCUT2D eigenvalue weighted by Crippen LogP contribution is -2.46. The van der Waals surface area contributed by atoms with Crippen molar-refractivity contribution < 1.29 is 35.9 Å². The van der Waals surface area contributed by atoms with Gasteiger partial charge in [0.05, 0.1) is 23.3 Å². The molecule has 0 aromatic heterocycles. The molecule has 1 aromatic carbocycles. The van der Waals surface area contributed by atoms with Crippen LogP contribution in [0.15, 0.2) is 18.2 Å². The second-order valence-corrected chi connectivity index (χ2v) is 5.93. The number of nitrogens with one attached hydrogen (secondary N) is 1. The number of amides is 1. The molecule has 0 saturated heterocycles. The van der Waals surface area contributed by atoms with E-state index in [0.29, 0.717) is 25.0 Å². The summed E-state index contributed by atoms with van der Waals surface area (Å²) in [5, 5.41) is 2.49. The van der Waals surface area contributed by atoms with E-state index in [-0.39, 0.29) is 12.2 Å². The number of halogens is 6. The number of methoxy groups -OCH3 is 1. The Morgan fingerprint density at radius 3 is 2.00 bits per heavy atom. The van der Waals surface area contributed by atoms with E-state index in [2.05, 4.69) is 5.32 Å². The Balaban J connectivity index is 2.31. The highest BCUT2D eigenvalue weighted by atomic mass is 19.4. The zero-order valence-electron chi connectivity index (χ0n) is 13.3. The second kappa shape index (κ2) is 7.23. The predicted octanol–water partition coefficient (Wildman–Crippen LogP) is 4.41. The molecular formula is C16H17F6NO2. The Bertz CT molecular complexity index is 594. The molecule has 1 aliphatic rings. The van der Waals surface area contributed by atoms with Crippen LogP contribution in [-0.4, -0.2) is 25.2 Å². The van der Waals surface area contributed by atoms with Crippen molar-refractivity contribution in [2.45, 2.75) is 50.2 Å². The summed E-state index contributed by atoms with van der Waals surface area (Å²) in [6, 6.07) is 0.398. The molecule has 1 amide bonds.